The van der Waals surface area contributed by atoms with Crippen molar-refractivity contribution in [3.8, 4) is 0 Å². The minimum Gasteiger partial charge on any atom is -0.365 e. The summed E-state index contributed by atoms with van der Waals surface area (Å²) in [5, 5.41) is 10.6. The summed E-state index contributed by atoms with van der Waals surface area (Å²) in [5.74, 6) is 1.33. The van der Waals surface area contributed by atoms with Crippen molar-refractivity contribution in [2.24, 2.45) is 0 Å². The van der Waals surface area contributed by atoms with Gasteiger partial charge in [0.2, 0.25) is 0 Å². The first kappa shape index (κ1) is 8.27. The lowest BCUT2D eigenvalue weighted by molar-refractivity contribution is 0.880. The van der Waals surface area contributed by atoms with E-state index in [4.69, 9.17) is 11.6 Å². The predicted octanol–water partition coefficient (Wildman–Crippen LogP) is 1.52. The van der Waals surface area contributed by atoms with Crippen molar-refractivity contribution >= 4 is 17.4 Å². The number of nitrogens with one attached hydrogen (secondary N) is 1. The third-order valence-corrected chi connectivity index (χ3v) is 1.66. The first-order chi connectivity index (χ1) is 5.33. The van der Waals surface area contributed by atoms with Gasteiger partial charge >= 0.3 is 0 Å². The molecule has 60 valence electrons. The highest BCUT2D eigenvalue weighted by Gasteiger charge is 1.98. The van der Waals surface area contributed by atoms with Gasteiger partial charge in [-0.05, 0) is 19.1 Å². The number of alkyl halides is 1. The molecule has 0 amide bonds. The summed E-state index contributed by atoms with van der Waals surface area (Å²) in [7, 11) is 0. The molecule has 0 spiro atoms. The third kappa shape index (κ3) is 2.72. The molecule has 0 bridgehead atoms. The summed E-state index contributed by atoms with van der Waals surface area (Å²) < 4.78 is 0. The number of rotatable bonds is 3. The van der Waals surface area contributed by atoms with Crippen LogP contribution in [0.1, 0.15) is 6.92 Å². The van der Waals surface area contributed by atoms with Crippen molar-refractivity contribution in [2.45, 2.75) is 13.0 Å². The van der Waals surface area contributed by atoms with Crippen LogP contribution in [0.4, 0.5) is 5.82 Å². The smallest absolute Gasteiger partial charge is 0.148 e. The molecule has 0 aliphatic heterocycles. The molecule has 4 heteroatoms. The Hall–Kier alpha value is -0.830. The Labute approximate surface area is 70.8 Å². The van der Waals surface area contributed by atoms with E-state index in [0.29, 0.717) is 5.88 Å². The van der Waals surface area contributed by atoms with E-state index < -0.39 is 0 Å². The lowest BCUT2D eigenvalue weighted by atomic mass is 10.4. The van der Waals surface area contributed by atoms with Crippen LogP contribution in [-0.2, 0) is 0 Å². The Bertz CT molecular complexity index is 202. The molecule has 1 heterocycles. The fourth-order valence-corrected chi connectivity index (χ4v) is 0.747. The van der Waals surface area contributed by atoms with Crippen LogP contribution in [0.3, 0.4) is 0 Å². The Morgan fingerprint density at radius 1 is 1.73 bits per heavy atom. The first-order valence-corrected chi connectivity index (χ1v) is 3.96. The molecule has 1 unspecified atom stereocenters. The lowest BCUT2D eigenvalue weighted by Gasteiger charge is -2.08. The van der Waals surface area contributed by atoms with E-state index in [1.807, 2.05) is 19.1 Å². The van der Waals surface area contributed by atoms with E-state index in [-0.39, 0.29) is 6.04 Å². The fraction of sp³-hybridized carbons (Fsp3) is 0.429. The monoisotopic (exact) mass is 171 g/mol. The summed E-state index contributed by atoms with van der Waals surface area (Å²) in [4.78, 5) is 0. The van der Waals surface area contributed by atoms with Gasteiger partial charge in [-0.25, -0.2) is 0 Å². The molecule has 0 aliphatic carbocycles. The Kier molecular flexibility index (Phi) is 3.11. The normalized spacial score (nSPS) is 12.5. The van der Waals surface area contributed by atoms with Crippen molar-refractivity contribution in [1.29, 1.82) is 0 Å². The van der Waals surface area contributed by atoms with E-state index in [2.05, 4.69) is 15.5 Å². The van der Waals surface area contributed by atoms with E-state index in [1.54, 1.807) is 6.20 Å². The molecular weight excluding hydrogens is 162 g/mol. The van der Waals surface area contributed by atoms with Gasteiger partial charge in [0.25, 0.3) is 0 Å². The van der Waals surface area contributed by atoms with Crippen LogP contribution in [0.2, 0.25) is 0 Å². The van der Waals surface area contributed by atoms with Crippen LogP contribution in [0.5, 0.6) is 0 Å². The molecule has 1 N–H and O–H groups in total. The SMILES string of the molecule is CC(CCl)Nc1cccnn1. The quantitative estimate of drug-likeness (QED) is 0.701. The zero-order chi connectivity index (χ0) is 8.10. The number of nitrogens with zero attached hydrogens (tertiary/aromatic N) is 2. The van der Waals surface area contributed by atoms with Gasteiger partial charge in [-0.2, -0.15) is 5.10 Å². The van der Waals surface area contributed by atoms with Crippen LogP contribution >= 0.6 is 11.6 Å². The molecule has 1 atom stereocenters. The predicted molar refractivity (Wildman–Crippen MR) is 45.8 cm³/mol. The van der Waals surface area contributed by atoms with Gasteiger partial charge in [-0.15, -0.1) is 16.7 Å². The molecule has 1 aromatic heterocycles. The third-order valence-electron chi connectivity index (χ3n) is 1.20. The lowest BCUT2D eigenvalue weighted by Crippen LogP contribution is -2.17. The summed E-state index contributed by atoms with van der Waals surface area (Å²) in [6.45, 7) is 1.99. The molecule has 1 aromatic rings. The Morgan fingerprint density at radius 3 is 3.09 bits per heavy atom. The maximum atomic E-state index is 5.59. The fourth-order valence-electron chi connectivity index (χ4n) is 0.670. The van der Waals surface area contributed by atoms with Gasteiger partial charge in [0.1, 0.15) is 5.82 Å². The summed E-state index contributed by atoms with van der Waals surface area (Å²) >= 11 is 5.59. The topological polar surface area (TPSA) is 37.8 Å². The van der Waals surface area contributed by atoms with Gasteiger partial charge in [0.05, 0.1) is 0 Å². The van der Waals surface area contributed by atoms with Crippen molar-refractivity contribution in [3.63, 3.8) is 0 Å². The van der Waals surface area contributed by atoms with Gasteiger partial charge < -0.3 is 5.32 Å². The Balaban J connectivity index is 2.51. The van der Waals surface area contributed by atoms with Gasteiger partial charge in [0.15, 0.2) is 0 Å². The van der Waals surface area contributed by atoms with E-state index in [1.165, 1.54) is 0 Å². The standard InChI is InChI=1S/C7H10ClN3/c1-6(5-8)10-7-3-2-4-9-11-7/h2-4,6H,5H2,1H3,(H,10,11). The zero-order valence-electron chi connectivity index (χ0n) is 6.29. The number of hydrogen-bond donors (Lipinski definition) is 1. The minimum atomic E-state index is 0.230. The van der Waals surface area contributed by atoms with E-state index in [0.717, 1.165) is 5.82 Å². The molecule has 0 aromatic carbocycles. The summed E-state index contributed by atoms with van der Waals surface area (Å²) in [6, 6.07) is 3.92. The molecule has 3 nitrogen and oxygen atoms in total. The second-order valence-corrected chi connectivity index (χ2v) is 2.62. The van der Waals surface area contributed by atoms with Crippen LogP contribution in [0.15, 0.2) is 18.3 Å². The molecule has 0 radical (unpaired) electrons. The molecule has 11 heavy (non-hydrogen) atoms. The van der Waals surface area contributed by atoms with Gasteiger partial charge in [-0.3, -0.25) is 0 Å². The van der Waals surface area contributed by atoms with Crippen molar-refractivity contribution in [2.75, 3.05) is 11.2 Å². The van der Waals surface area contributed by atoms with Crippen LogP contribution in [-0.4, -0.2) is 22.1 Å². The van der Waals surface area contributed by atoms with Crippen molar-refractivity contribution < 1.29 is 0 Å². The molecule has 0 saturated carbocycles. The molecule has 0 fully saturated rings. The largest absolute Gasteiger partial charge is 0.365 e. The number of halogens is 1. The van der Waals surface area contributed by atoms with Gasteiger partial charge in [0, 0.05) is 18.1 Å². The Morgan fingerprint density at radius 2 is 2.55 bits per heavy atom. The van der Waals surface area contributed by atoms with Crippen molar-refractivity contribution in [1.82, 2.24) is 10.2 Å². The molecule has 1 rings (SSSR count). The van der Waals surface area contributed by atoms with E-state index >= 15 is 0 Å². The minimum absolute atomic E-state index is 0.230. The number of anilines is 1. The second-order valence-electron chi connectivity index (χ2n) is 2.31. The zero-order valence-corrected chi connectivity index (χ0v) is 7.04. The summed E-state index contributed by atoms with van der Waals surface area (Å²) in [5.41, 5.74) is 0. The van der Waals surface area contributed by atoms with Crippen molar-refractivity contribution in [3.05, 3.63) is 18.3 Å². The first-order valence-electron chi connectivity index (χ1n) is 3.43. The average Bonchev–Trinajstić information content (AvgIpc) is 2.06. The highest BCUT2D eigenvalue weighted by molar-refractivity contribution is 6.18. The highest BCUT2D eigenvalue weighted by atomic mass is 35.5. The van der Waals surface area contributed by atoms with E-state index in [9.17, 15) is 0 Å². The summed E-state index contributed by atoms with van der Waals surface area (Å²) in [6.07, 6.45) is 1.64. The van der Waals surface area contributed by atoms with Crippen LogP contribution < -0.4 is 5.32 Å². The average molecular weight is 172 g/mol. The highest BCUT2D eigenvalue weighted by Crippen LogP contribution is 2.01. The molecular formula is C7H10ClN3. The number of aromatic nitrogens is 2. The van der Waals surface area contributed by atoms with Crippen LogP contribution in [0, 0.1) is 0 Å². The molecule has 0 saturated heterocycles. The van der Waals surface area contributed by atoms with Gasteiger partial charge in [-0.1, -0.05) is 0 Å². The van der Waals surface area contributed by atoms with Crippen LogP contribution in [0.25, 0.3) is 0 Å². The second kappa shape index (κ2) is 4.13. The maximum absolute atomic E-state index is 5.59. The molecule has 0 aliphatic rings. The number of hydrogen-bond acceptors (Lipinski definition) is 3. The maximum Gasteiger partial charge on any atom is 0.148 e.